The highest BCUT2D eigenvalue weighted by atomic mass is 16.6. The second kappa shape index (κ2) is 6.86. The molecule has 2 atom stereocenters. The fourth-order valence-electron chi connectivity index (χ4n) is 1.03. The molecule has 0 aliphatic rings. The highest BCUT2D eigenvalue weighted by Gasteiger charge is 2.14. The van der Waals surface area contributed by atoms with Crippen molar-refractivity contribution in [3.8, 4) is 0 Å². The van der Waals surface area contributed by atoms with E-state index >= 15 is 0 Å². The molecule has 4 nitrogen and oxygen atoms in total. The van der Waals surface area contributed by atoms with Crippen molar-refractivity contribution >= 4 is 5.97 Å². The maximum atomic E-state index is 10.7. The van der Waals surface area contributed by atoms with E-state index in [0.717, 1.165) is 0 Å². The maximum Gasteiger partial charge on any atom is 0.302 e. The summed E-state index contributed by atoms with van der Waals surface area (Å²) in [6.07, 6.45) is -0.216. The van der Waals surface area contributed by atoms with Crippen LogP contribution in [0.15, 0.2) is 0 Å². The van der Waals surface area contributed by atoms with Crippen molar-refractivity contribution in [3.05, 3.63) is 0 Å². The molecule has 0 aromatic rings. The minimum absolute atomic E-state index is 0.00256. The largest absolute Gasteiger partial charge is 0.460 e. The summed E-state index contributed by atoms with van der Waals surface area (Å²) in [5.74, 6) is -0.283. The number of hydrogen-bond acceptors (Lipinski definition) is 4. The van der Waals surface area contributed by atoms with Crippen molar-refractivity contribution in [2.75, 3.05) is 13.2 Å². The van der Waals surface area contributed by atoms with Crippen LogP contribution >= 0.6 is 0 Å². The van der Waals surface area contributed by atoms with Crippen LogP contribution in [0, 0.1) is 0 Å². The van der Waals surface area contributed by atoms with Gasteiger partial charge in [0.15, 0.2) is 0 Å². The van der Waals surface area contributed by atoms with Crippen molar-refractivity contribution in [3.63, 3.8) is 0 Å². The second-order valence-electron chi connectivity index (χ2n) is 4.99. The molecule has 0 spiro atoms. The van der Waals surface area contributed by atoms with Crippen LogP contribution in [0.3, 0.4) is 0 Å². The first-order valence-electron chi connectivity index (χ1n) is 5.63. The summed E-state index contributed by atoms with van der Waals surface area (Å²) in [7, 11) is 0. The lowest BCUT2D eigenvalue weighted by Gasteiger charge is -2.23. The van der Waals surface area contributed by atoms with Gasteiger partial charge in [-0.1, -0.05) is 0 Å². The van der Waals surface area contributed by atoms with Crippen LogP contribution in [-0.2, 0) is 19.0 Å². The Balaban J connectivity index is 3.64. The molecule has 0 saturated carbocycles. The molecule has 16 heavy (non-hydrogen) atoms. The van der Waals surface area contributed by atoms with Gasteiger partial charge < -0.3 is 14.2 Å². The topological polar surface area (TPSA) is 44.8 Å². The van der Waals surface area contributed by atoms with Crippen LogP contribution in [0.5, 0.6) is 0 Å². The van der Waals surface area contributed by atoms with Crippen LogP contribution < -0.4 is 0 Å². The summed E-state index contributed by atoms with van der Waals surface area (Å²) >= 11 is 0. The van der Waals surface area contributed by atoms with Crippen molar-refractivity contribution in [2.24, 2.45) is 0 Å². The molecule has 0 amide bonds. The average molecular weight is 232 g/mol. The molecule has 96 valence electrons. The molecule has 0 aliphatic carbocycles. The van der Waals surface area contributed by atoms with E-state index in [1.54, 1.807) is 6.92 Å². The number of carbonyl (C=O) groups is 1. The molecule has 0 bridgehead atoms. The predicted molar refractivity (Wildman–Crippen MR) is 62.3 cm³/mol. The molecular formula is C12H24O4. The third-order valence-electron chi connectivity index (χ3n) is 1.73. The van der Waals surface area contributed by atoms with E-state index in [1.807, 2.05) is 27.7 Å². The van der Waals surface area contributed by atoms with Gasteiger partial charge in [-0.15, -0.1) is 0 Å². The monoisotopic (exact) mass is 232 g/mol. The van der Waals surface area contributed by atoms with E-state index in [0.29, 0.717) is 13.2 Å². The van der Waals surface area contributed by atoms with Gasteiger partial charge in [-0.25, -0.2) is 0 Å². The van der Waals surface area contributed by atoms with Crippen LogP contribution in [0.4, 0.5) is 0 Å². The van der Waals surface area contributed by atoms with Gasteiger partial charge in [-0.3, -0.25) is 4.79 Å². The van der Waals surface area contributed by atoms with E-state index in [4.69, 9.17) is 14.2 Å². The second-order valence-corrected chi connectivity index (χ2v) is 4.99. The van der Waals surface area contributed by atoms with Crippen LogP contribution in [-0.4, -0.2) is 37.0 Å². The van der Waals surface area contributed by atoms with E-state index in [9.17, 15) is 4.79 Å². The van der Waals surface area contributed by atoms with Gasteiger partial charge in [-0.2, -0.15) is 0 Å². The Labute approximate surface area is 98.3 Å². The Morgan fingerprint density at radius 3 is 2.12 bits per heavy atom. The fourth-order valence-corrected chi connectivity index (χ4v) is 1.03. The van der Waals surface area contributed by atoms with Gasteiger partial charge in [0.25, 0.3) is 0 Å². The van der Waals surface area contributed by atoms with E-state index in [1.165, 1.54) is 6.92 Å². The minimum Gasteiger partial charge on any atom is -0.460 e. The molecule has 0 aromatic carbocycles. The lowest BCUT2D eigenvalue weighted by Crippen LogP contribution is -2.28. The molecule has 0 N–H and O–H groups in total. The predicted octanol–water partition coefficient (Wildman–Crippen LogP) is 2.16. The highest BCUT2D eigenvalue weighted by molar-refractivity contribution is 5.66. The minimum atomic E-state index is -0.283. The van der Waals surface area contributed by atoms with Crippen molar-refractivity contribution in [2.45, 2.75) is 59.4 Å². The smallest absolute Gasteiger partial charge is 0.302 e. The van der Waals surface area contributed by atoms with Crippen LogP contribution in [0.1, 0.15) is 41.5 Å². The van der Waals surface area contributed by atoms with Crippen molar-refractivity contribution in [1.29, 1.82) is 0 Å². The summed E-state index contributed by atoms with van der Waals surface area (Å²) in [5, 5.41) is 0. The number of rotatable bonds is 6. The first kappa shape index (κ1) is 15.4. The van der Waals surface area contributed by atoms with Gasteiger partial charge in [-0.05, 0) is 34.6 Å². The molecule has 0 heterocycles. The fraction of sp³-hybridized carbons (Fsp3) is 0.917. The van der Waals surface area contributed by atoms with E-state index in [2.05, 4.69) is 0 Å². The summed E-state index contributed by atoms with van der Waals surface area (Å²) in [6, 6.07) is 0. The number of esters is 1. The third kappa shape index (κ3) is 9.93. The number of carbonyl (C=O) groups excluding carboxylic acids is 1. The van der Waals surface area contributed by atoms with E-state index < -0.39 is 0 Å². The molecule has 0 rings (SSSR count). The summed E-state index contributed by atoms with van der Waals surface area (Å²) < 4.78 is 16.0. The molecule has 4 heteroatoms. The van der Waals surface area contributed by atoms with Crippen molar-refractivity contribution < 1.29 is 19.0 Å². The van der Waals surface area contributed by atoms with Gasteiger partial charge in [0.2, 0.25) is 0 Å². The molecular weight excluding hydrogens is 208 g/mol. The van der Waals surface area contributed by atoms with Gasteiger partial charge in [0, 0.05) is 6.92 Å². The zero-order valence-corrected chi connectivity index (χ0v) is 11.2. The van der Waals surface area contributed by atoms with Gasteiger partial charge in [0.05, 0.1) is 24.9 Å². The molecule has 0 aromatic heterocycles. The van der Waals surface area contributed by atoms with Crippen molar-refractivity contribution in [1.82, 2.24) is 0 Å². The Kier molecular flexibility index (Phi) is 6.60. The summed E-state index contributed by atoms with van der Waals surface area (Å²) in [6.45, 7) is 12.1. The standard InChI is InChI=1S/C12H24O4/c1-9(8-15-12(4,5)6)14-7-10(2)16-11(3)13/h9-10H,7-8H2,1-6H3. The quantitative estimate of drug-likeness (QED) is 0.658. The molecule has 0 aliphatic heterocycles. The van der Waals surface area contributed by atoms with Gasteiger partial charge >= 0.3 is 5.97 Å². The normalized spacial score (nSPS) is 15.6. The Bertz CT molecular complexity index is 208. The Morgan fingerprint density at radius 1 is 1.12 bits per heavy atom. The lowest BCUT2D eigenvalue weighted by atomic mass is 10.2. The molecule has 2 unspecified atom stereocenters. The molecule has 0 fully saturated rings. The number of hydrogen-bond donors (Lipinski definition) is 0. The number of ether oxygens (including phenoxy) is 3. The first-order chi connectivity index (χ1) is 7.20. The third-order valence-corrected chi connectivity index (χ3v) is 1.73. The lowest BCUT2D eigenvalue weighted by molar-refractivity contribution is -0.150. The van der Waals surface area contributed by atoms with Crippen LogP contribution in [0.25, 0.3) is 0 Å². The Hall–Kier alpha value is -0.610. The zero-order chi connectivity index (χ0) is 12.8. The van der Waals surface area contributed by atoms with Crippen LogP contribution in [0.2, 0.25) is 0 Å². The summed E-state index contributed by atoms with van der Waals surface area (Å²) in [4.78, 5) is 10.7. The average Bonchev–Trinajstić information content (AvgIpc) is 2.09. The molecule has 0 radical (unpaired) electrons. The van der Waals surface area contributed by atoms with Gasteiger partial charge in [0.1, 0.15) is 6.10 Å². The highest BCUT2D eigenvalue weighted by Crippen LogP contribution is 2.08. The maximum absolute atomic E-state index is 10.7. The van der Waals surface area contributed by atoms with E-state index in [-0.39, 0.29) is 23.8 Å². The summed E-state index contributed by atoms with van der Waals surface area (Å²) in [5.41, 5.74) is -0.154. The molecule has 0 saturated heterocycles. The zero-order valence-electron chi connectivity index (χ0n) is 11.2. The Morgan fingerprint density at radius 2 is 1.69 bits per heavy atom. The first-order valence-corrected chi connectivity index (χ1v) is 5.63. The SMILES string of the molecule is CC(=O)OC(C)COC(C)COC(C)(C)C.